The molecule has 0 radical (unpaired) electrons. The van der Waals surface area contributed by atoms with Crippen molar-refractivity contribution in [2.75, 3.05) is 7.11 Å². The summed E-state index contributed by atoms with van der Waals surface area (Å²) in [6.45, 7) is 3.29. The number of ether oxygens (including phenoxy) is 1. The molecule has 14 heavy (non-hydrogen) atoms. The molecule has 1 rings (SSSR count). The van der Waals surface area contributed by atoms with E-state index >= 15 is 0 Å². The van der Waals surface area contributed by atoms with Gasteiger partial charge in [-0.1, -0.05) is 6.92 Å². The summed E-state index contributed by atoms with van der Waals surface area (Å²) in [6, 6.07) is 1.45. The van der Waals surface area contributed by atoms with Crippen LogP contribution in [0, 0.1) is 6.92 Å². The lowest BCUT2D eigenvalue weighted by molar-refractivity contribution is 0.0956. The Morgan fingerprint density at radius 3 is 2.71 bits per heavy atom. The lowest BCUT2D eigenvalue weighted by atomic mass is 10.2. The largest absolute Gasteiger partial charge is 0.496 e. The third kappa shape index (κ3) is 1.84. The topological polar surface area (TPSA) is 56.5 Å². The zero-order valence-electron chi connectivity index (χ0n) is 8.42. The van der Waals surface area contributed by atoms with Crippen LogP contribution in [-0.2, 0) is 0 Å². The van der Waals surface area contributed by atoms with E-state index in [0.717, 1.165) is 0 Å². The summed E-state index contributed by atoms with van der Waals surface area (Å²) < 4.78 is 9.77. The molecule has 0 N–H and O–H groups in total. The van der Waals surface area contributed by atoms with Crippen LogP contribution < -0.4 is 10.4 Å². The first-order valence-corrected chi connectivity index (χ1v) is 4.32. The molecule has 1 heterocycles. The number of rotatable bonds is 3. The first-order valence-electron chi connectivity index (χ1n) is 4.32. The Labute approximate surface area is 81.5 Å². The van der Waals surface area contributed by atoms with Gasteiger partial charge in [0.1, 0.15) is 5.75 Å². The zero-order valence-corrected chi connectivity index (χ0v) is 8.42. The van der Waals surface area contributed by atoms with E-state index in [9.17, 15) is 9.59 Å². The number of ketones is 1. The molecule has 76 valence electrons. The van der Waals surface area contributed by atoms with Crippen molar-refractivity contribution in [3.8, 4) is 5.75 Å². The van der Waals surface area contributed by atoms with Crippen molar-refractivity contribution < 1.29 is 13.9 Å². The lowest BCUT2D eigenvalue weighted by Crippen LogP contribution is -2.10. The number of carbonyl (C=O) groups excluding carboxylic acids is 1. The number of hydrogen-bond donors (Lipinski definition) is 0. The maximum Gasteiger partial charge on any atom is 0.343 e. The minimum atomic E-state index is -0.527. The second kappa shape index (κ2) is 4.09. The van der Waals surface area contributed by atoms with Crippen LogP contribution in [0.1, 0.15) is 29.5 Å². The number of methoxy groups -OCH3 is 1. The van der Waals surface area contributed by atoms with Crippen LogP contribution in [-0.4, -0.2) is 12.9 Å². The summed E-state index contributed by atoms with van der Waals surface area (Å²) in [7, 11) is 1.45. The number of carbonyl (C=O) groups is 1. The lowest BCUT2D eigenvalue weighted by Gasteiger charge is -2.04. The summed E-state index contributed by atoms with van der Waals surface area (Å²) in [5, 5.41) is 0. The highest BCUT2D eigenvalue weighted by Gasteiger charge is 2.12. The van der Waals surface area contributed by atoms with Crippen molar-refractivity contribution in [2.24, 2.45) is 0 Å². The molecule has 0 aliphatic heterocycles. The van der Waals surface area contributed by atoms with Crippen molar-refractivity contribution in [1.82, 2.24) is 0 Å². The SMILES string of the molecule is CCC(=O)c1cc(OC)c(C)c(=O)o1. The normalized spacial score (nSPS) is 9.93. The smallest absolute Gasteiger partial charge is 0.343 e. The van der Waals surface area contributed by atoms with Crippen molar-refractivity contribution in [3.05, 3.63) is 27.8 Å². The van der Waals surface area contributed by atoms with E-state index in [1.165, 1.54) is 13.2 Å². The molecule has 4 heteroatoms. The van der Waals surface area contributed by atoms with Gasteiger partial charge in [-0.05, 0) is 6.92 Å². The van der Waals surface area contributed by atoms with Crippen molar-refractivity contribution >= 4 is 5.78 Å². The van der Waals surface area contributed by atoms with E-state index in [2.05, 4.69) is 0 Å². The van der Waals surface area contributed by atoms with E-state index in [1.54, 1.807) is 13.8 Å². The molecule has 1 aromatic heterocycles. The summed E-state index contributed by atoms with van der Waals surface area (Å²) in [4.78, 5) is 22.5. The Bertz CT molecular complexity index is 403. The third-order valence-electron chi connectivity index (χ3n) is 1.96. The molecule has 0 fully saturated rings. The van der Waals surface area contributed by atoms with E-state index in [1.807, 2.05) is 0 Å². The van der Waals surface area contributed by atoms with Gasteiger partial charge in [0.25, 0.3) is 0 Å². The fourth-order valence-electron chi connectivity index (χ4n) is 1.06. The maximum atomic E-state index is 11.3. The van der Waals surface area contributed by atoms with Crippen molar-refractivity contribution in [3.63, 3.8) is 0 Å². The summed E-state index contributed by atoms with van der Waals surface area (Å²) >= 11 is 0. The quantitative estimate of drug-likeness (QED) is 0.688. The van der Waals surface area contributed by atoms with Crippen LogP contribution in [0.25, 0.3) is 0 Å². The van der Waals surface area contributed by atoms with Gasteiger partial charge in [0.15, 0.2) is 11.5 Å². The number of hydrogen-bond acceptors (Lipinski definition) is 4. The third-order valence-corrected chi connectivity index (χ3v) is 1.96. The average Bonchev–Trinajstić information content (AvgIpc) is 2.20. The highest BCUT2D eigenvalue weighted by atomic mass is 16.5. The Hall–Kier alpha value is -1.58. The van der Waals surface area contributed by atoms with E-state index < -0.39 is 5.63 Å². The average molecular weight is 196 g/mol. The minimum Gasteiger partial charge on any atom is -0.496 e. The van der Waals surface area contributed by atoms with Crippen LogP contribution in [0.5, 0.6) is 5.75 Å². The predicted octanol–water partition coefficient (Wildman–Crippen LogP) is 1.55. The summed E-state index contributed by atoms with van der Waals surface area (Å²) in [6.07, 6.45) is 0.301. The molecule has 0 aliphatic rings. The molecule has 0 unspecified atom stereocenters. The van der Waals surface area contributed by atoms with Crippen molar-refractivity contribution in [2.45, 2.75) is 20.3 Å². The molecule has 0 bridgehead atoms. The van der Waals surface area contributed by atoms with Crippen LogP contribution in [0.15, 0.2) is 15.3 Å². The molecule has 4 nitrogen and oxygen atoms in total. The van der Waals surface area contributed by atoms with Gasteiger partial charge >= 0.3 is 5.63 Å². The van der Waals surface area contributed by atoms with E-state index in [0.29, 0.717) is 17.7 Å². The Balaban J connectivity index is 3.30. The molecule has 0 aromatic carbocycles. The highest BCUT2D eigenvalue weighted by molar-refractivity contribution is 5.93. The van der Waals surface area contributed by atoms with Gasteiger partial charge < -0.3 is 9.15 Å². The van der Waals surface area contributed by atoms with Crippen LogP contribution in [0.2, 0.25) is 0 Å². The maximum absolute atomic E-state index is 11.3. The first-order chi connectivity index (χ1) is 6.60. The monoisotopic (exact) mass is 196 g/mol. The second-order valence-electron chi connectivity index (χ2n) is 2.87. The summed E-state index contributed by atoms with van der Waals surface area (Å²) in [5.41, 5.74) is -0.152. The van der Waals surface area contributed by atoms with Crippen LogP contribution >= 0.6 is 0 Å². The van der Waals surface area contributed by atoms with Gasteiger partial charge in [-0.2, -0.15) is 0 Å². The summed E-state index contributed by atoms with van der Waals surface area (Å²) in [5.74, 6) is 0.235. The highest BCUT2D eigenvalue weighted by Crippen LogP contribution is 2.16. The standard InChI is InChI=1S/C10H12O4/c1-4-7(11)9-5-8(13-3)6(2)10(12)14-9/h5H,4H2,1-3H3. The fourth-order valence-corrected chi connectivity index (χ4v) is 1.06. The van der Waals surface area contributed by atoms with Gasteiger partial charge in [-0.25, -0.2) is 4.79 Å². The Morgan fingerprint density at radius 2 is 2.21 bits per heavy atom. The molecular weight excluding hydrogens is 184 g/mol. The fraction of sp³-hybridized carbons (Fsp3) is 0.400. The Kier molecular flexibility index (Phi) is 3.06. The van der Waals surface area contributed by atoms with Gasteiger partial charge in [0.2, 0.25) is 0 Å². The van der Waals surface area contributed by atoms with Crippen LogP contribution in [0.3, 0.4) is 0 Å². The molecule has 0 amide bonds. The molecule has 0 spiro atoms. The van der Waals surface area contributed by atoms with Gasteiger partial charge in [0, 0.05) is 12.5 Å². The molecule has 0 aliphatic carbocycles. The minimum absolute atomic E-state index is 0.0555. The van der Waals surface area contributed by atoms with Crippen molar-refractivity contribution in [1.29, 1.82) is 0 Å². The molecule has 0 atom stereocenters. The van der Waals surface area contributed by atoms with Crippen LogP contribution in [0.4, 0.5) is 0 Å². The molecule has 0 saturated carbocycles. The zero-order chi connectivity index (χ0) is 10.7. The number of Topliss-reactive ketones (excluding diaryl/α,β-unsaturated/α-hetero) is 1. The molecule has 1 aromatic rings. The molecule has 0 saturated heterocycles. The Morgan fingerprint density at radius 1 is 1.57 bits per heavy atom. The van der Waals surface area contributed by atoms with E-state index in [4.69, 9.17) is 9.15 Å². The predicted molar refractivity (Wildman–Crippen MR) is 50.9 cm³/mol. The van der Waals surface area contributed by atoms with Gasteiger partial charge in [-0.15, -0.1) is 0 Å². The second-order valence-corrected chi connectivity index (χ2v) is 2.87. The molecular formula is C10H12O4. The first kappa shape index (κ1) is 10.5. The van der Waals surface area contributed by atoms with Gasteiger partial charge in [-0.3, -0.25) is 4.79 Å². The van der Waals surface area contributed by atoms with Gasteiger partial charge in [0.05, 0.1) is 12.7 Å². The van der Waals surface area contributed by atoms with E-state index in [-0.39, 0.29) is 11.5 Å².